The normalized spacial score (nSPS) is 10.7. The molecule has 0 aliphatic rings. The Bertz CT molecular complexity index is 1240. The average Bonchev–Trinajstić information content (AvgIpc) is 3.06. The third-order valence-corrected chi connectivity index (χ3v) is 7.17. The summed E-state index contributed by atoms with van der Waals surface area (Å²) >= 11 is 0. The number of benzene rings is 2. The van der Waals surface area contributed by atoms with Gasteiger partial charge in [-0.15, -0.1) is 0 Å². The lowest BCUT2D eigenvalue weighted by Crippen LogP contribution is -2.08. The van der Waals surface area contributed by atoms with E-state index < -0.39 is 5.97 Å². The zero-order valence-corrected chi connectivity index (χ0v) is 26.1. The van der Waals surface area contributed by atoms with E-state index in [1.165, 1.54) is 44.6 Å². The van der Waals surface area contributed by atoms with E-state index in [-0.39, 0.29) is 5.97 Å². The standard InChI is InChI=1S/C37H47NO6/c1-3-5-13-26-42-34-24-25-35(38-29-34)30-16-22-33(23-17-30)44-37(40)31-18-20-32(21-19-31)41-27-14-11-9-7-6-8-10-12-15-28-43-36(39)4-2/h4,16-25,29H,2-3,5-15,26-28H2,1H3. The number of pyridine rings is 1. The molecule has 1 aromatic heterocycles. The highest BCUT2D eigenvalue weighted by molar-refractivity contribution is 5.91. The van der Waals surface area contributed by atoms with Crippen LogP contribution in [-0.4, -0.2) is 36.7 Å². The van der Waals surface area contributed by atoms with Crippen molar-refractivity contribution in [1.29, 1.82) is 0 Å². The molecule has 1 heterocycles. The van der Waals surface area contributed by atoms with Gasteiger partial charge in [-0.05, 0) is 79.9 Å². The van der Waals surface area contributed by atoms with Gasteiger partial charge in [0.1, 0.15) is 17.2 Å². The maximum Gasteiger partial charge on any atom is 0.343 e. The molecule has 0 radical (unpaired) electrons. The van der Waals surface area contributed by atoms with Gasteiger partial charge >= 0.3 is 11.9 Å². The van der Waals surface area contributed by atoms with Gasteiger partial charge in [0, 0.05) is 11.6 Å². The molecule has 3 aromatic rings. The predicted molar refractivity (Wildman–Crippen MR) is 174 cm³/mol. The predicted octanol–water partition coefficient (Wildman–Crippen LogP) is 9.16. The Hall–Kier alpha value is -4.13. The minimum absolute atomic E-state index is 0.343. The van der Waals surface area contributed by atoms with Gasteiger partial charge in [0.25, 0.3) is 0 Å². The zero-order chi connectivity index (χ0) is 31.2. The Balaban J connectivity index is 1.27. The molecule has 0 aliphatic carbocycles. The van der Waals surface area contributed by atoms with E-state index in [1.807, 2.05) is 24.3 Å². The lowest BCUT2D eigenvalue weighted by molar-refractivity contribution is -0.137. The average molecular weight is 602 g/mol. The van der Waals surface area contributed by atoms with Crippen LogP contribution in [-0.2, 0) is 9.53 Å². The molecule has 0 atom stereocenters. The first kappa shape index (κ1) is 34.4. The summed E-state index contributed by atoms with van der Waals surface area (Å²) in [6.45, 7) is 7.40. The van der Waals surface area contributed by atoms with Crippen LogP contribution < -0.4 is 14.2 Å². The van der Waals surface area contributed by atoms with E-state index in [2.05, 4.69) is 18.5 Å². The van der Waals surface area contributed by atoms with E-state index in [9.17, 15) is 9.59 Å². The lowest BCUT2D eigenvalue weighted by Gasteiger charge is -2.09. The maximum atomic E-state index is 12.6. The summed E-state index contributed by atoms with van der Waals surface area (Å²) in [4.78, 5) is 28.1. The van der Waals surface area contributed by atoms with Crippen molar-refractivity contribution in [3.63, 3.8) is 0 Å². The minimum Gasteiger partial charge on any atom is -0.494 e. The topological polar surface area (TPSA) is 84.0 Å². The maximum absolute atomic E-state index is 12.6. The molecule has 0 saturated heterocycles. The second kappa shape index (κ2) is 20.7. The fourth-order valence-corrected chi connectivity index (χ4v) is 4.59. The second-order valence-corrected chi connectivity index (χ2v) is 10.8. The van der Waals surface area contributed by atoms with Crippen molar-refractivity contribution in [3.8, 4) is 28.5 Å². The summed E-state index contributed by atoms with van der Waals surface area (Å²) in [5, 5.41) is 0. The molecule has 3 rings (SSSR count). The first-order valence-corrected chi connectivity index (χ1v) is 16.0. The molecule has 7 heteroatoms. The van der Waals surface area contributed by atoms with Gasteiger partial charge < -0.3 is 18.9 Å². The van der Waals surface area contributed by atoms with E-state index in [4.69, 9.17) is 18.9 Å². The molecule has 0 aliphatic heterocycles. The third kappa shape index (κ3) is 13.4. The first-order chi connectivity index (χ1) is 21.6. The molecule has 0 spiro atoms. The van der Waals surface area contributed by atoms with Gasteiger partial charge in [0.05, 0.1) is 37.3 Å². The molecule has 0 bridgehead atoms. The number of ether oxygens (including phenoxy) is 4. The summed E-state index contributed by atoms with van der Waals surface area (Å²) in [6.07, 6.45) is 16.5. The van der Waals surface area contributed by atoms with Crippen molar-refractivity contribution < 1.29 is 28.5 Å². The van der Waals surface area contributed by atoms with Gasteiger partial charge in [-0.2, -0.15) is 0 Å². The Morgan fingerprint density at radius 2 is 1.20 bits per heavy atom. The largest absolute Gasteiger partial charge is 0.494 e. The quantitative estimate of drug-likeness (QED) is 0.0491. The van der Waals surface area contributed by atoms with E-state index in [0.29, 0.717) is 31.1 Å². The fourth-order valence-electron chi connectivity index (χ4n) is 4.59. The Morgan fingerprint density at radius 3 is 1.80 bits per heavy atom. The number of nitrogens with zero attached hydrogens (tertiary/aromatic N) is 1. The van der Waals surface area contributed by atoms with E-state index >= 15 is 0 Å². The number of hydrogen-bond donors (Lipinski definition) is 0. The highest BCUT2D eigenvalue weighted by atomic mass is 16.5. The van der Waals surface area contributed by atoms with Crippen molar-refractivity contribution in [2.45, 2.75) is 84.0 Å². The number of rotatable bonds is 22. The van der Waals surface area contributed by atoms with Crippen molar-refractivity contribution in [3.05, 3.63) is 85.1 Å². The van der Waals surface area contributed by atoms with Crippen LogP contribution >= 0.6 is 0 Å². The first-order valence-electron chi connectivity index (χ1n) is 16.0. The van der Waals surface area contributed by atoms with Crippen LogP contribution in [0.5, 0.6) is 17.2 Å². The smallest absolute Gasteiger partial charge is 0.343 e. The van der Waals surface area contributed by atoms with Crippen molar-refractivity contribution in [1.82, 2.24) is 4.98 Å². The molecule has 0 unspecified atom stereocenters. The Labute approximate surface area is 262 Å². The van der Waals surface area contributed by atoms with Crippen LogP contribution in [0.3, 0.4) is 0 Å². The van der Waals surface area contributed by atoms with Gasteiger partial charge in [-0.1, -0.05) is 71.3 Å². The van der Waals surface area contributed by atoms with Gasteiger partial charge in [0.15, 0.2) is 0 Å². The van der Waals surface area contributed by atoms with Crippen LogP contribution in [0.4, 0.5) is 0 Å². The fraction of sp³-hybridized carbons (Fsp3) is 0.432. The third-order valence-electron chi connectivity index (χ3n) is 7.17. The zero-order valence-electron chi connectivity index (χ0n) is 26.1. The van der Waals surface area contributed by atoms with Crippen LogP contribution in [0.2, 0.25) is 0 Å². The lowest BCUT2D eigenvalue weighted by atomic mass is 10.1. The molecular formula is C37H47NO6. The molecular weight excluding hydrogens is 554 g/mol. The summed E-state index contributed by atoms with van der Waals surface area (Å²) in [5.41, 5.74) is 2.23. The van der Waals surface area contributed by atoms with E-state index in [1.54, 1.807) is 42.6 Å². The molecule has 0 amide bonds. The van der Waals surface area contributed by atoms with Gasteiger partial charge in [-0.25, -0.2) is 9.59 Å². The molecule has 44 heavy (non-hydrogen) atoms. The second-order valence-electron chi connectivity index (χ2n) is 10.8. The van der Waals surface area contributed by atoms with Crippen LogP contribution in [0.15, 0.2) is 79.5 Å². The highest BCUT2D eigenvalue weighted by Crippen LogP contribution is 2.23. The molecule has 0 saturated carbocycles. The summed E-state index contributed by atoms with van der Waals surface area (Å²) < 4.78 is 22.1. The van der Waals surface area contributed by atoms with Gasteiger partial charge in [-0.3, -0.25) is 4.98 Å². The molecule has 0 fully saturated rings. The highest BCUT2D eigenvalue weighted by Gasteiger charge is 2.10. The summed E-state index contributed by atoms with van der Waals surface area (Å²) in [5.74, 6) is 1.23. The summed E-state index contributed by atoms with van der Waals surface area (Å²) in [6, 6.07) is 18.2. The molecule has 236 valence electrons. The van der Waals surface area contributed by atoms with Crippen LogP contribution in [0.1, 0.15) is 94.3 Å². The number of aromatic nitrogens is 1. The SMILES string of the molecule is C=CC(=O)OCCCCCCCCCCCOc1ccc(C(=O)Oc2ccc(-c3ccc(OCCCCC)cn3)cc2)cc1. The van der Waals surface area contributed by atoms with E-state index in [0.717, 1.165) is 61.3 Å². The Kier molecular flexibility index (Phi) is 16.2. The van der Waals surface area contributed by atoms with Gasteiger partial charge in [0.2, 0.25) is 0 Å². The molecule has 0 N–H and O–H groups in total. The van der Waals surface area contributed by atoms with Crippen molar-refractivity contribution in [2.75, 3.05) is 19.8 Å². The summed E-state index contributed by atoms with van der Waals surface area (Å²) in [7, 11) is 0. The van der Waals surface area contributed by atoms with Crippen LogP contribution in [0.25, 0.3) is 11.3 Å². The minimum atomic E-state index is -0.414. The van der Waals surface area contributed by atoms with Crippen molar-refractivity contribution in [2.24, 2.45) is 0 Å². The molecule has 2 aromatic carbocycles. The number of esters is 2. The molecule has 7 nitrogen and oxygen atoms in total. The monoisotopic (exact) mass is 601 g/mol. The Morgan fingerprint density at radius 1 is 0.659 bits per heavy atom. The number of hydrogen-bond acceptors (Lipinski definition) is 7. The van der Waals surface area contributed by atoms with Crippen LogP contribution in [0, 0.1) is 0 Å². The van der Waals surface area contributed by atoms with Crippen molar-refractivity contribution >= 4 is 11.9 Å². The number of unbranched alkanes of at least 4 members (excludes halogenated alkanes) is 10. The number of carbonyl (C=O) groups is 2. The number of carbonyl (C=O) groups excluding carboxylic acids is 2.